The highest BCUT2D eigenvalue weighted by Gasteiger charge is 2.14. The summed E-state index contributed by atoms with van der Waals surface area (Å²) >= 11 is 5.99. The summed E-state index contributed by atoms with van der Waals surface area (Å²) in [6.45, 7) is 0. The molecule has 0 aliphatic heterocycles. The molecule has 4 rings (SSSR count). The van der Waals surface area contributed by atoms with Crippen molar-refractivity contribution in [1.82, 2.24) is 9.55 Å². The van der Waals surface area contributed by atoms with Crippen LogP contribution >= 0.6 is 11.6 Å². The molecule has 4 aromatic rings. The molecule has 108 valence electrons. The van der Waals surface area contributed by atoms with Crippen molar-refractivity contribution in [1.29, 1.82) is 0 Å². The van der Waals surface area contributed by atoms with E-state index in [0.717, 1.165) is 16.4 Å². The summed E-state index contributed by atoms with van der Waals surface area (Å²) in [4.78, 5) is 15.8. The zero-order valence-electron chi connectivity index (χ0n) is 11.3. The summed E-state index contributed by atoms with van der Waals surface area (Å²) in [7, 11) is 0. The number of anilines is 1. The third-order valence-corrected chi connectivity index (χ3v) is 3.84. The number of furan rings is 1. The van der Waals surface area contributed by atoms with Crippen LogP contribution < -0.4 is 11.4 Å². The van der Waals surface area contributed by atoms with Gasteiger partial charge in [0.15, 0.2) is 5.58 Å². The van der Waals surface area contributed by atoms with E-state index in [2.05, 4.69) is 4.98 Å². The highest BCUT2D eigenvalue weighted by Crippen LogP contribution is 2.32. The van der Waals surface area contributed by atoms with Crippen LogP contribution in [0.2, 0.25) is 5.02 Å². The lowest BCUT2D eigenvalue weighted by Crippen LogP contribution is -2.22. The molecule has 2 aromatic heterocycles. The Balaban J connectivity index is 2.12. The Bertz CT molecular complexity index is 1080. The number of benzene rings is 2. The number of rotatable bonds is 1. The van der Waals surface area contributed by atoms with E-state index >= 15 is 0 Å². The van der Waals surface area contributed by atoms with Gasteiger partial charge in [-0.25, -0.2) is 4.79 Å². The number of nitrogen functional groups attached to an aromatic ring is 1. The average molecular weight is 312 g/mol. The summed E-state index contributed by atoms with van der Waals surface area (Å²) in [5, 5.41) is 2.13. The van der Waals surface area contributed by atoms with Gasteiger partial charge >= 0.3 is 5.69 Å². The molecule has 0 aliphatic carbocycles. The molecule has 5 nitrogen and oxygen atoms in total. The van der Waals surface area contributed by atoms with Crippen LogP contribution in [0.1, 0.15) is 0 Å². The number of nitrogens with two attached hydrogens (primary N) is 1. The Morgan fingerprint density at radius 2 is 1.86 bits per heavy atom. The van der Waals surface area contributed by atoms with Crippen molar-refractivity contribution in [2.24, 2.45) is 0 Å². The lowest BCUT2D eigenvalue weighted by atomic mass is 10.1. The number of halogens is 1. The van der Waals surface area contributed by atoms with E-state index in [4.69, 9.17) is 21.8 Å². The summed E-state index contributed by atoms with van der Waals surface area (Å²) in [6, 6.07) is 13.3. The predicted octanol–water partition coefficient (Wildman–Crippen LogP) is 3.37. The van der Waals surface area contributed by atoms with Crippen molar-refractivity contribution in [3.05, 3.63) is 64.2 Å². The van der Waals surface area contributed by atoms with Gasteiger partial charge in [-0.05, 0) is 12.1 Å². The summed E-state index contributed by atoms with van der Waals surface area (Å²) in [6.07, 6.45) is 1.45. The van der Waals surface area contributed by atoms with Gasteiger partial charge in [0.25, 0.3) is 0 Å². The second kappa shape index (κ2) is 4.61. The number of hydrogen-bond acceptors (Lipinski definition) is 4. The third kappa shape index (κ3) is 1.79. The topological polar surface area (TPSA) is 74.0 Å². The largest absolute Gasteiger partial charge is 0.454 e. The maximum absolute atomic E-state index is 12.1. The van der Waals surface area contributed by atoms with Gasteiger partial charge in [0.05, 0.1) is 10.7 Å². The first kappa shape index (κ1) is 12.9. The van der Waals surface area contributed by atoms with E-state index < -0.39 is 5.69 Å². The lowest BCUT2D eigenvalue weighted by molar-refractivity contribution is 0.663. The zero-order valence-corrected chi connectivity index (χ0v) is 12.0. The fourth-order valence-electron chi connectivity index (χ4n) is 2.54. The van der Waals surface area contributed by atoms with Crippen LogP contribution in [0.5, 0.6) is 0 Å². The van der Waals surface area contributed by atoms with Crippen LogP contribution in [0.3, 0.4) is 0 Å². The van der Waals surface area contributed by atoms with E-state index in [0.29, 0.717) is 11.3 Å². The first-order valence-corrected chi connectivity index (χ1v) is 6.98. The quantitative estimate of drug-likeness (QED) is 0.585. The Hall–Kier alpha value is -2.79. The fraction of sp³-hybridized carbons (Fsp3) is 0. The van der Waals surface area contributed by atoms with Crippen molar-refractivity contribution in [2.45, 2.75) is 0 Å². The zero-order chi connectivity index (χ0) is 15.3. The lowest BCUT2D eigenvalue weighted by Gasteiger charge is -2.06. The second-order valence-electron chi connectivity index (χ2n) is 4.88. The molecule has 0 saturated carbocycles. The van der Waals surface area contributed by atoms with Crippen LogP contribution in [0.4, 0.5) is 5.82 Å². The molecule has 0 spiro atoms. The minimum absolute atomic E-state index is 0.0136. The normalized spacial score (nSPS) is 11.3. The van der Waals surface area contributed by atoms with E-state index in [1.54, 1.807) is 6.07 Å². The molecule has 0 aliphatic rings. The molecule has 0 fully saturated rings. The van der Waals surface area contributed by atoms with Gasteiger partial charge in [-0.3, -0.25) is 4.57 Å². The molecule has 2 heterocycles. The molecule has 6 heteroatoms. The molecule has 2 aromatic carbocycles. The summed E-state index contributed by atoms with van der Waals surface area (Å²) in [5.74, 6) is 0.0136. The van der Waals surface area contributed by atoms with E-state index in [1.165, 1.54) is 10.8 Å². The molecule has 0 saturated heterocycles. The van der Waals surface area contributed by atoms with Crippen LogP contribution in [-0.4, -0.2) is 9.55 Å². The molecule has 22 heavy (non-hydrogen) atoms. The van der Waals surface area contributed by atoms with Gasteiger partial charge in [0.2, 0.25) is 0 Å². The predicted molar refractivity (Wildman–Crippen MR) is 86.5 cm³/mol. The van der Waals surface area contributed by atoms with E-state index in [-0.39, 0.29) is 10.8 Å². The number of fused-ring (bicyclic) bond motifs is 3. The SMILES string of the molecule is Nc1nc(=O)n(-c2cccc3c2oc2ccccc23)cc1Cl. The van der Waals surface area contributed by atoms with Crippen LogP contribution in [-0.2, 0) is 0 Å². The second-order valence-corrected chi connectivity index (χ2v) is 5.29. The molecule has 2 N–H and O–H groups in total. The maximum atomic E-state index is 12.1. The van der Waals surface area contributed by atoms with E-state index in [1.807, 2.05) is 36.4 Å². The van der Waals surface area contributed by atoms with Gasteiger partial charge in [-0.2, -0.15) is 4.98 Å². The molecule has 0 bridgehead atoms. The fourth-order valence-corrected chi connectivity index (χ4v) is 2.68. The number of nitrogens with zero attached hydrogens (tertiary/aromatic N) is 2. The van der Waals surface area contributed by atoms with Crippen LogP contribution in [0.15, 0.2) is 57.9 Å². The number of aromatic nitrogens is 2. The Morgan fingerprint density at radius 3 is 2.73 bits per heavy atom. The molecule has 0 amide bonds. The molecular weight excluding hydrogens is 302 g/mol. The van der Waals surface area contributed by atoms with Gasteiger partial charge in [-0.1, -0.05) is 41.9 Å². The van der Waals surface area contributed by atoms with Crippen LogP contribution in [0.25, 0.3) is 27.6 Å². The van der Waals surface area contributed by atoms with E-state index in [9.17, 15) is 4.79 Å². The highest BCUT2D eigenvalue weighted by molar-refractivity contribution is 6.32. The standard InChI is InChI=1S/C16H10ClN3O2/c17-11-8-20(16(21)19-15(11)18)12-6-3-5-10-9-4-1-2-7-13(9)22-14(10)12/h1-8H,(H2,18,19,21). The number of hydrogen-bond donors (Lipinski definition) is 1. The first-order chi connectivity index (χ1) is 10.6. The third-order valence-electron chi connectivity index (χ3n) is 3.55. The van der Waals surface area contributed by atoms with Crippen molar-refractivity contribution in [2.75, 3.05) is 5.73 Å². The minimum Gasteiger partial charge on any atom is -0.454 e. The maximum Gasteiger partial charge on any atom is 0.354 e. The summed E-state index contributed by atoms with van der Waals surface area (Å²) < 4.78 is 7.24. The van der Waals surface area contributed by atoms with Gasteiger partial charge in [0, 0.05) is 17.0 Å². The highest BCUT2D eigenvalue weighted by atomic mass is 35.5. The van der Waals surface area contributed by atoms with Gasteiger partial charge in [0.1, 0.15) is 11.4 Å². The number of para-hydroxylation sites is 2. The van der Waals surface area contributed by atoms with Gasteiger partial charge in [-0.15, -0.1) is 0 Å². The molecular formula is C16H10ClN3O2. The van der Waals surface area contributed by atoms with Crippen LogP contribution in [0, 0.1) is 0 Å². The molecule has 0 atom stereocenters. The van der Waals surface area contributed by atoms with Gasteiger partial charge < -0.3 is 10.2 Å². The summed E-state index contributed by atoms with van der Waals surface area (Å²) in [5.41, 5.74) is 7.00. The Morgan fingerprint density at radius 1 is 1.09 bits per heavy atom. The first-order valence-electron chi connectivity index (χ1n) is 6.60. The van der Waals surface area contributed by atoms with Crippen molar-refractivity contribution in [3.8, 4) is 5.69 Å². The molecule has 0 unspecified atom stereocenters. The minimum atomic E-state index is -0.505. The molecule has 0 radical (unpaired) electrons. The van der Waals surface area contributed by atoms with Crippen molar-refractivity contribution < 1.29 is 4.42 Å². The Labute approximate surface area is 129 Å². The smallest absolute Gasteiger partial charge is 0.354 e. The Kier molecular flexibility index (Phi) is 2.71. The average Bonchev–Trinajstić information content (AvgIpc) is 2.90. The monoisotopic (exact) mass is 311 g/mol. The van der Waals surface area contributed by atoms with Crippen molar-refractivity contribution in [3.63, 3.8) is 0 Å². The van der Waals surface area contributed by atoms with Crippen molar-refractivity contribution >= 4 is 39.4 Å².